The molecule has 25 heavy (non-hydrogen) atoms. The summed E-state index contributed by atoms with van der Waals surface area (Å²) in [5.74, 6) is 0.329. The lowest BCUT2D eigenvalue weighted by Crippen LogP contribution is -2.15. The molecule has 0 aliphatic carbocycles. The van der Waals surface area contributed by atoms with E-state index in [9.17, 15) is 4.79 Å². The highest BCUT2D eigenvalue weighted by molar-refractivity contribution is 6.35. The van der Waals surface area contributed by atoms with E-state index in [0.717, 1.165) is 5.56 Å². The van der Waals surface area contributed by atoms with E-state index in [-0.39, 0.29) is 12.3 Å². The molecule has 0 saturated heterocycles. The van der Waals surface area contributed by atoms with Gasteiger partial charge in [-0.3, -0.25) is 14.2 Å². The number of amides is 1. The predicted molar refractivity (Wildman–Crippen MR) is 98.3 cm³/mol. The van der Waals surface area contributed by atoms with Crippen molar-refractivity contribution in [2.75, 3.05) is 5.32 Å². The summed E-state index contributed by atoms with van der Waals surface area (Å²) in [6.45, 7) is 0.928. The molecule has 0 atom stereocenters. The number of hydrogen-bond donors (Lipinski definition) is 1. The van der Waals surface area contributed by atoms with Gasteiger partial charge in [-0.2, -0.15) is 10.2 Å². The number of carbonyl (C=O) groups is 1. The van der Waals surface area contributed by atoms with E-state index in [0.29, 0.717) is 34.0 Å². The molecule has 0 unspecified atom stereocenters. The minimum Gasteiger partial charge on any atom is -0.309 e. The molecule has 0 radical (unpaired) electrons. The SMILES string of the molecule is O=C(CCn1cc(Cl)cn1)Nc1ccn(Cc2ccc(Cl)cc2Cl)n1. The summed E-state index contributed by atoms with van der Waals surface area (Å²) in [4.78, 5) is 12.0. The number of nitrogens with one attached hydrogen (secondary N) is 1. The van der Waals surface area contributed by atoms with Gasteiger partial charge in [0, 0.05) is 41.5 Å². The monoisotopic (exact) mass is 397 g/mol. The quantitative estimate of drug-likeness (QED) is 0.679. The number of anilines is 1. The van der Waals surface area contributed by atoms with Gasteiger partial charge in [-0.15, -0.1) is 0 Å². The van der Waals surface area contributed by atoms with Gasteiger partial charge < -0.3 is 5.32 Å². The summed E-state index contributed by atoms with van der Waals surface area (Å²) in [5.41, 5.74) is 0.891. The first-order chi connectivity index (χ1) is 12.0. The lowest BCUT2D eigenvalue weighted by molar-refractivity contribution is -0.116. The zero-order valence-corrected chi connectivity index (χ0v) is 15.3. The third-order valence-corrected chi connectivity index (χ3v) is 4.21. The van der Waals surface area contributed by atoms with Gasteiger partial charge in [0.1, 0.15) is 0 Å². The molecule has 1 aromatic carbocycles. The summed E-state index contributed by atoms with van der Waals surface area (Å²) in [6, 6.07) is 7.04. The van der Waals surface area contributed by atoms with E-state index >= 15 is 0 Å². The average Bonchev–Trinajstić information content (AvgIpc) is 3.17. The zero-order chi connectivity index (χ0) is 17.8. The third kappa shape index (κ3) is 4.98. The molecule has 1 N–H and O–H groups in total. The lowest BCUT2D eigenvalue weighted by atomic mass is 10.2. The van der Waals surface area contributed by atoms with Crippen molar-refractivity contribution in [2.24, 2.45) is 0 Å². The van der Waals surface area contributed by atoms with E-state index in [4.69, 9.17) is 34.8 Å². The number of nitrogens with zero attached hydrogens (tertiary/aromatic N) is 4. The van der Waals surface area contributed by atoms with Crippen molar-refractivity contribution in [1.29, 1.82) is 0 Å². The fourth-order valence-electron chi connectivity index (χ4n) is 2.22. The maximum absolute atomic E-state index is 12.0. The molecule has 0 fully saturated rings. The van der Waals surface area contributed by atoms with Crippen LogP contribution in [0.1, 0.15) is 12.0 Å². The van der Waals surface area contributed by atoms with Crippen LogP contribution in [-0.2, 0) is 17.9 Å². The lowest BCUT2D eigenvalue weighted by Gasteiger charge is -2.05. The first-order valence-electron chi connectivity index (χ1n) is 7.45. The van der Waals surface area contributed by atoms with Crippen molar-refractivity contribution < 1.29 is 4.79 Å². The molecule has 0 aliphatic heterocycles. The molecule has 0 saturated carbocycles. The number of rotatable bonds is 6. The Morgan fingerprint density at radius 3 is 2.68 bits per heavy atom. The average molecular weight is 399 g/mol. The molecule has 0 bridgehead atoms. The van der Waals surface area contributed by atoms with Gasteiger partial charge in [-0.25, -0.2) is 0 Å². The van der Waals surface area contributed by atoms with E-state index in [1.807, 2.05) is 6.07 Å². The molecule has 9 heteroatoms. The first-order valence-corrected chi connectivity index (χ1v) is 8.58. The number of hydrogen-bond acceptors (Lipinski definition) is 3. The number of carbonyl (C=O) groups excluding carboxylic acids is 1. The molecule has 3 rings (SSSR count). The van der Waals surface area contributed by atoms with Crippen LogP contribution in [0, 0.1) is 0 Å². The van der Waals surface area contributed by atoms with Crippen molar-refractivity contribution in [3.05, 3.63) is 63.5 Å². The van der Waals surface area contributed by atoms with Crippen LogP contribution in [0.4, 0.5) is 5.82 Å². The second-order valence-corrected chi connectivity index (χ2v) is 6.63. The summed E-state index contributed by atoms with van der Waals surface area (Å²) in [7, 11) is 0. The number of halogens is 3. The van der Waals surface area contributed by atoms with Gasteiger partial charge in [0.25, 0.3) is 0 Å². The zero-order valence-electron chi connectivity index (χ0n) is 13.0. The molecule has 1 amide bonds. The van der Waals surface area contributed by atoms with Crippen LogP contribution in [0.2, 0.25) is 15.1 Å². The number of benzene rings is 1. The Bertz CT molecular complexity index is 890. The maximum atomic E-state index is 12.0. The minimum absolute atomic E-state index is 0.151. The Kier molecular flexibility index (Phi) is 5.63. The summed E-state index contributed by atoms with van der Waals surface area (Å²) in [6.07, 6.45) is 5.24. The van der Waals surface area contributed by atoms with Crippen LogP contribution in [0.25, 0.3) is 0 Å². The fraction of sp³-hybridized carbons (Fsp3) is 0.188. The smallest absolute Gasteiger partial charge is 0.227 e. The number of aryl methyl sites for hydroxylation is 1. The van der Waals surface area contributed by atoms with Crippen molar-refractivity contribution in [3.8, 4) is 0 Å². The molecule has 2 heterocycles. The van der Waals surface area contributed by atoms with Crippen LogP contribution in [-0.4, -0.2) is 25.5 Å². The van der Waals surface area contributed by atoms with Gasteiger partial charge in [-0.05, 0) is 17.7 Å². The molecular weight excluding hydrogens is 385 g/mol. The summed E-state index contributed by atoms with van der Waals surface area (Å²) in [5, 5.41) is 12.8. The van der Waals surface area contributed by atoms with Crippen molar-refractivity contribution in [3.63, 3.8) is 0 Å². The van der Waals surface area contributed by atoms with Gasteiger partial charge in [0.05, 0.1) is 17.8 Å². The van der Waals surface area contributed by atoms with E-state index in [1.165, 1.54) is 6.20 Å². The molecule has 0 aliphatic rings. The van der Waals surface area contributed by atoms with E-state index in [1.54, 1.807) is 40.0 Å². The highest BCUT2D eigenvalue weighted by atomic mass is 35.5. The first kappa shape index (κ1) is 17.8. The number of aromatic nitrogens is 4. The Morgan fingerprint density at radius 2 is 1.96 bits per heavy atom. The Labute approximate surface area is 159 Å². The highest BCUT2D eigenvalue weighted by Crippen LogP contribution is 2.21. The van der Waals surface area contributed by atoms with Crippen LogP contribution in [0.15, 0.2) is 42.9 Å². The van der Waals surface area contributed by atoms with Crippen molar-refractivity contribution >= 4 is 46.5 Å². The second kappa shape index (κ2) is 7.91. The maximum Gasteiger partial charge on any atom is 0.227 e. The van der Waals surface area contributed by atoms with Crippen LogP contribution < -0.4 is 5.32 Å². The van der Waals surface area contributed by atoms with Crippen LogP contribution in [0.3, 0.4) is 0 Å². The Hall–Kier alpha value is -2.02. The topological polar surface area (TPSA) is 64.7 Å². The van der Waals surface area contributed by atoms with Gasteiger partial charge in [0.15, 0.2) is 5.82 Å². The van der Waals surface area contributed by atoms with Gasteiger partial charge in [0.2, 0.25) is 5.91 Å². The van der Waals surface area contributed by atoms with Crippen molar-refractivity contribution in [2.45, 2.75) is 19.5 Å². The van der Waals surface area contributed by atoms with Crippen LogP contribution >= 0.6 is 34.8 Å². The van der Waals surface area contributed by atoms with Gasteiger partial charge >= 0.3 is 0 Å². The van der Waals surface area contributed by atoms with Crippen LogP contribution in [0.5, 0.6) is 0 Å². The summed E-state index contributed by atoms with van der Waals surface area (Å²) >= 11 is 17.8. The molecular formula is C16H14Cl3N5O. The van der Waals surface area contributed by atoms with E-state index < -0.39 is 0 Å². The highest BCUT2D eigenvalue weighted by Gasteiger charge is 2.08. The van der Waals surface area contributed by atoms with Gasteiger partial charge in [-0.1, -0.05) is 40.9 Å². The predicted octanol–water partition coefficient (Wildman–Crippen LogP) is 4.12. The molecule has 2 aromatic heterocycles. The standard InChI is InChI=1S/C16H14Cl3N5O/c17-12-2-1-11(14(19)7-12)9-24-5-3-15(22-24)21-16(25)4-6-23-10-13(18)8-20-23/h1-3,5,7-8,10H,4,6,9H2,(H,21,22,25). The fourth-order valence-corrected chi connectivity index (χ4v) is 2.85. The third-order valence-electron chi connectivity index (χ3n) is 3.43. The molecule has 6 nitrogen and oxygen atoms in total. The van der Waals surface area contributed by atoms with Crippen molar-refractivity contribution in [1.82, 2.24) is 19.6 Å². The minimum atomic E-state index is -0.151. The Morgan fingerprint density at radius 1 is 1.12 bits per heavy atom. The van der Waals surface area contributed by atoms with E-state index in [2.05, 4.69) is 15.5 Å². The molecule has 0 spiro atoms. The normalized spacial score (nSPS) is 10.8. The molecule has 3 aromatic rings. The largest absolute Gasteiger partial charge is 0.309 e. The Balaban J connectivity index is 1.55. The molecule has 130 valence electrons. The summed E-state index contributed by atoms with van der Waals surface area (Å²) < 4.78 is 3.31. The second-order valence-electron chi connectivity index (χ2n) is 5.35.